The molecule has 0 aromatic heterocycles. The van der Waals surface area contributed by atoms with E-state index in [1.54, 1.807) is 0 Å². The molecular formula is C18H17N3O. The summed E-state index contributed by atoms with van der Waals surface area (Å²) in [4.78, 5) is 5.86. The van der Waals surface area contributed by atoms with E-state index in [1.807, 2.05) is 59.6 Å². The summed E-state index contributed by atoms with van der Waals surface area (Å²) in [6, 6.07) is 17.9. The van der Waals surface area contributed by atoms with Gasteiger partial charge < -0.3 is 4.74 Å². The maximum atomic E-state index is 9.01. The maximum Gasteiger partial charge on any atom is 0.313 e. The Balaban J connectivity index is 1.98. The van der Waals surface area contributed by atoms with Gasteiger partial charge in [-0.2, -0.15) is 5.26 Å². The van der Waals surface area contributed by atoms with Gasteiger partial charge in [-0.25, -0.2) is 0 Å². The number of fused-ring (bicyclic) bond motifs is 1. The first-order valence-electron chi connectivity index (χ1n) is 7.18. The molecule has 1 aliphatic heterocycles. The molecule has 2 aromatic carbocycles. The Kier molecular flexibility index (Phi) is 3.56. The molecule has 0 unspecified atom stereocenters. The molecule has 4 nitrogen and oxygen atoms in total. The zero-order chi connectivity index (χ0) is 15.6. The van der Waals surface area contributed by atoms with E-state index in [4.69, 9.17) is 10.00 Å². The smallest absolute Gasteiger partial charge is 0.313 e. The van der Waals surface area contributed by atoms with Gasteiger partial charge in [-0.1, -0.05) is 50.2 Å². The van der Waals surface area contributed by atoms with Gasteiger partial charge in [0.2, 0.25) is 6.19 Å². The summed E-state index contributed by atoms with van der Waals surface area (Å²) >= 11 is 0. The van der Waals surface area contributed by atoms with Crippen LogP contribution in [0.3, 0.4) is 0 Å². The highest BCUT2D eigenvalue weighted by molar-refractivity contribution is 5.96. The molecule has 3 rings (SSSR count). The SMILES string of the molecule is CC1(C)CN(C(=NC#N)Oc2ccccc2)c2ccccc21. The summed E-state index contributed by atoms with van der Waals surface area (Å²) in [5.74, 6) is 0.665. The van der Waals surface area contributed by atoms with Gasteiger partial charge in [0, 0.05) is 17.6 Å². The van der Waals surface area contributed by atoms with Crippen LogP contribution in [-0.4, -0.2) is 12.6 Å². The van der Waals surface area contributed by atoms with Crippen LogP contribution < -0.4 is 9.64 Å². The van der Waals surface area contributed by atoms with Crippen LogP contribution in [-0.2, 0) is 5.41 Å². The van der Waals surface area contributed by atoms with Crippen LogP contribution in [0.4, 0.5) is 5.69 Å². The number of hydrogen-bond donors (Lipinski definition) is 0. The van der Waals surface area contributed by atoms with Gasteiger partial charge in [-0.3, -0.25) is 4.90 Å². The van der Waals surface area contributed by atoms with Crippen LogP contribution in [0.15, 0.2) is 59.6 Å². The first-order chi connectivity index (χ1) is 10.6. The van der Waals surface area contributed by atoms with Crippen molar-refractivity contribution in [1.82, 2.24) is 0 Å². The molecule has 0 N–H and O–H groups in total. The van der Waals surface area contributed by atoms with Gasteiger partial charge in [-0.05, 0) is 23.8 Å². The molecule has 22 heavy (non-hydrogen) atoms. The highest BCUT2D eigenvalue weighted by atomic mass is 16.5. The molecule has 0 saturated heterocycles. The average molecular weight is 291 g/mol. The molecule has 1 aliphatic rings. The van der Waals surface area contributed by atoms with Crippen molar-refractivity contribution < 1.29 is 4.74 Å². The summed E-state index contributed by atoms with van der Waals surface area (Å²) in [5.41, 5.74) is 2.25. The minimum atomic E-state index is -0.0210. The van der Waals surface area contributed by atoms with Gasteiger partial charge in [0.15, 0.2) is 0 Å². The fourth-order valence-electron chi connectivity index (χ4n) is 2.79. The number of nitriles is 1. The van der Waals surface area contributed by atoms with Crippen molar-refractivity contribution in [2.75, 3.05) is 11.4 Å². The van der Waals surface area contributed by atoms with E-state index < -0.39 is 0 Å². The molecule has 1 heterocycles. The Morgan fingerprint density at radius 2 is 1.82 bits per heavy atom. The largest absolute Gasteiger partial charge is 0.425 e. The summed E-state index contributed by atoms with van der Waals surface area (Å²) in [7, 11) is 0. The number of hydrogen-bond acceptors (Lipinski definition) is 3. The first-order valence-corrected chi connectivity index (χ1v) is 7.18. The monoisotopic (exact) mass is 291 g/mol. The molecule has 4 heteroatoms. The number of rotatable bonds is 1. The van der Waals surface area contributed by atoms with Gasteiger partial charge in [0.1, 0.15) is 5.75 Å². The summed E-state index contributed by atoms with van der Waals surface area (Å²) in [6.45, 7) is 5.08. The quantitative estimate of drug-likeness (QED) is 0.457. The zero-order valence-electron chi connectivity index (χ0n) is 12.7. The van der Waals surface area contributed by atoms with Gasteiger partial charge >= 0.3 is 6.02 Å². The van der Waals surface area contributed by atoms with Gasteiger partial charge in [-0.15, -0.1) is 4.99 Å². The highest BCUT2D eigenvalue weighted by Crippen LogP contribution is 2.40. The summed E-state index contributed by atoms with van der Waals surface area (Å²) < 4.78 is 5.84. The van der Waals surface area contributed by atoms with E-state index >= 15 is 0 Å². The lowest BCUT2D eigenvalue weighted by Gasteiger charge is -2.22. The third kappa shape index (κ3) is 2.53. The Labute approximate surface area is 130 Å². The maximum absolute atomic E-state index is 9.01. The van der Waals surface area contributed by atoms with Crippen molar-refractivity contribution in [3.05, 3.63) is 60.2 Å². The molecule has 0 spiro atoms. The summed E-state index contributed by atoms with van der Waals surface area (Å²) in [6.07, 6.45) is 1.84. The third-order valence-corrected chi connectivity index (χ3v) is 3.81. The number of nitrogens with zero attached hydrogens (tertiary/aromatic N) is 3. The predicted octanol–water partition coefficient (Wildman–Crippen LogP) is 3.70. The number of aliphatic imine (C=N–C) groups is 1. The molecule has 0 aliphatic carbocycles. The normalized spacial score (nSPS) is 16.0. The molecule has 0 bridgehead atoms. The Morgan fingerprint density at radius 1 is 1.14 bits per heavy atom. The van der Waals surface area contributed by atoms with E-state index in [0.717, 1.165) is 12.2 Å². The van der Waals surface area contributed by atoms with Crippen LogP contribution in [0.2, 0.25) is 0 Å². The van der Waals surface area contributed by atoms with Crippen LogP contribution in [0.1, 0.15) is 19.4 Å². The zero-order valence-corrected chi connectivity index (χ0v) is 12.7. The van der Waals surface area contributed by atoms with E-state index in [1.165, 1.54) is 5.56 Å². The second kappa shape index (κ2) is 5.53. The number of para-hydroxylation sites is 2. The second-order valence-electron chi connectivity index (χ2n) is 5.90. The molecule has 0 saturated carbocycles. The van der Waals surface area contributed by atoms with Crippen molar-refractivity contribution in [1.29, 1.82) is 5.26 Å². The van der Waals surface area contributed by atoms with E-state index in [2.05, 4.69) is 24.9 Å². The average Bonchev–Trinajstić information content (AvgIpc) is 2.80. The molecule has 0 atom stereocenters. The van der Waals surface area contributed by atoms with E-state index in [9.17, 15) is 0 Å². The van der Waals surface area contributed by atoms with Crippen LogP contribution in [0, 0.1) is 11.5 Å². The standard InChI is InChI=1S/C18H17N3O/c1-18(2)12-21(16-11-7-6-10-15(16)18)17(20-13-19)22-14-8-4-3-5-9-14/h3-11H,12H2,1-2H3. The van der Waals surface area contributed by atoms with Crippen LogP contribution >= 0.6 is 0 Å². The topological polar surface area (TPSA) is 48.6 Å². The second-order valence-corrected chi connectivity index (χ2v) is 5.90. The van der Waals surface area contributed by atoms with Crippen molar-refractivity contribution in [3.63, 3.8) is 0 Å². The lowest BCUT2D eigenvalue weighted by atomic mass is 9.87. The minimum Gasteiger partial charge on any atom is -0.425 e. The predicted molar refractivity (Wildman–Crippen MR) is 86.9 cm³/mol. The Hall–Kier alpha value is -2.80. The number of ether oxygens (including phenoxy) is 1. The Morgan fingerprint density at radius 3 is 2.55 bits per heavy atom. The minimum absolute atomic E-state index is 0.0210. The lowest BCUT2D eigenvalue weighted by Crippen LogP contribution is -2.37. The van der Waals surface area contributed by atoms with Gasteiger partial charge in [0.25, 0.3) is 0 Å². The molecule has 2 aromatic rings. The highest BCUT2D eigenvalue weighted by Gasteiger charge is 2.37. The molecule has 0 amide bonds. The fourth-order valence-corrected chi connectivity index (χ4v) is 2.79. The number of benzene rings is 2. The summed E-state index contributed by atoms with van der Waals surface area (Å²) in [5, 5.41) is 9.01. The molecule has 0 fully saturated rings. The van der Waals surface area contributed by atoms with Crippen molar-refractivity contribution >= 4 is 11.7 Å². The Bertz CT molecular complexity index is 744. The van der Waals surface area contributed by atoms with Crippen molar-refractivity contribution in [2.45, 2.75) is 19.3 Å². The molecule has 110 valence electrons. The van der Waals surface area contributed by atoms with Crippen LogP contribution in [0.25, 0.3) is 0 Å². The van der Waals surface area contributed by atoms with Crippen molar-refractivity contribution in [2.24, 2.45) is 4.99 Å². The first kappa shape index (κ1) is 14.2. The van der Waals surface area contributed by atoms with E-state index in [-0.39, 0.29) is 5.41 Å². The number of anilines is 1. The lowest BCUT2D eigenvalue weighted by molar-refractivity contribution is 0.512. The van der Waals surface area contributed by atoms with E-state index in [0.29, 0.717) is 11.8 Å². The molecular weight excluding hydrogens is 274 g/mol. The fraction of sp³-hybridized carbons (Fsp3) is 0.222. The number of amidine groups is 1. The van der Waals surface area contributed by atoms with Gasteiger partial charge in [0.05, 0.1) is 0 Å². The third-order valence-electron chi connectivity index (χ3n) is 3.81. The van der Waals surface area contributed by atoms with Crippen molar-refractivity contribution in [3.8, 4) is 11.9 Å². The molecule has 0 radical (unpaired) electrons. The van der Waals surface area contributed by atoms with Crippen LogP contribution in [0.5, 0.6) is 5.75 Å².